The van der Waals surface area contributed by atoms with E-state index in [0.717, 1.165) is 35.3 Å². The SMILES string of the molecule is CN=C(NCc1ccccc1OC)NCC(C)(C)c1ccc2c(c1)OCCO2. The standard InChI is InChI=1S/C22H29N3O3/c1-22(2,17-9-10-19-20(13-17)28-12-11-27-19)15-25-21(23-3)24-14-16-7-5-6-8-18(16)26-4/h5-10,13H,11-12,14-15H2,1-4H3,(H2,23,24,25). The fraction of sp³-hybridized carbons (Fsp3) is 0.409. The molecule has 2 N–H and O–H groups in total. The average molecular weight is 383 g/mol. The van der Waals surface area contributed by atoms with Crippen molar-refractivity contribution in [3.63, 3.8) is 0 Å². The third kappa shape index (κ3) is 4.68. The maximum absolute atomic E-state index is 5.72. The van der Waals surface area contributed by atoms with Gasteiger partial charge in [-0.25, -0.2) is 0 Å². The van der Waals surface area contributed by atoms with Crippen molar-refractivity contribution in [2.24, 2.45) is 4.99 Å². The van der Waals surface area contributed by atoms with Gasteiger partial charge in [-0.1, -0.05) is 38.1 Å². The Kier molecular flexibility index (Phi) is 6.29. The van der Waals surface area contributed by atoms with Crippen molar-refractivity contribution in [3.8, 4) is 17.2 Å². The minimum Gasteiger partial charge on any atom is -0.496 e. The molecule has 3 rings (SSSR count). The largest absolute Gasteiger partial charge is 0.496 e. The number of fused-ring (bicyclic) bond motifs is 1. The van der Waals surface area contributed by atoms with Gasteiger partial charge in [0.1, 0.15) is 19.0 Å². The smallest absolute Gasteiger partial charge is 0.191 e. The molecule has 28 heavy (non-hydrogen) atoms. The Morgan fingerprint density at radius 3 is 2.57 bits per heavy atom. The van der Waals surface area contributed by atoms with Crippen LogP contribution >= 0.6 is 0 Å². The third-order valence-corrected chi connectivity index (χ3v) is 4.88. The summed E-state index contributed by atoms with van der Waals surface area (Å²) in [6.45, 7) is 6.93. The van der Waals surface area contributed by atoms with E-state index in [9.17, 15) is 0 Å². The van der Waals surface area contributed by atoms with Gasteiger partial charge in [-0.3, -0.25) is 4.99 Å². The van der Waals surface area contributed by atoms with Crippen LogP contribution in [-0.4, -0.2) is 39.9 Å². The second-order valence-electron chi connectivity index (χ2n) is 7.33. The first-order valence-electron chi connectivity index (χ1n) is 9.50. The zero-order valence-corrected chi connectivity index (χ0v) is 17.0. The van der Waals surface area contributed by atoms with Gasteiger partial charge >= 0.3 is 0 Å². The van der Waals surface area contributed by atoms with E-state index >= 15 is 0 Å². The highest BCUT2D eigenvalue weighted by atomic mass is 16.6. The molecule has 0 unspecified atom stereocenters. The van der Waals surface area contributed by atoms with Gasteiger partial charge in [-0.15, -0.1) is 0 Å². The second-order valence-corrected chi connectivity index (χ2v) is 7.33. The van der Waals surface area contributed by atoms with Crippen molar-refractivity contribution in [2.75, 3.05) is 33.9 Å². The summed E-state index contributed by atoms with van der Waals surface area (Å²) in [5.41, 5.74) is 2.15. The summed E-state index contributed by atoms with van der Waals surface area (Å²) in [6.07, 6.45) is 0. The summed E-state index contributed by atoms with van der Waals surface area (Å²) in [5, 5.41) is 6.77. The van der Waals surface area contributed by atoms with E-state index in [1.165, 1.54) is 5.56 Å². The molecule has 0 fully saturated rings. The number of hydrogen-bond donors (Lipinski definition) is 2. The van der Waals surface area contributed by atoms with Crippen molar-refractivity contribution in [2.45, 2.75) is 25.8 Å². The Morgan fingerprint density at radius 2 is 1.82 bits per heavy atom. The lowest BCUT2D eigenvalue weighted by Gasteiger charge is -2.28. The first-order valence-corrected chi connectivity index (χ1v) is 9.50. The monoisotopic (exact) mass is 383 g/mol. The van der Waals surface area contributed by atoms with Gasteiger partial charge < -0.3 is 24.8 Å². The second kappa shape index (κ2) is 8.87. The molecule has 1 aliphatic rings. The van der Waals surface area contributed by atoms with E-state index in [4.69, 9.17) is 14.2 Å². The molecule has 0 aromatic heterocycles. The van der Waals surface area contributed by atoms with Gasteiger partial charge in [-0.05, 0) is 23.8 Å². The van der Waals surface area contributed by atoms with Crippen LogP contribution in [0.25, 0.3) is 0 Å². The molecule has 2 aromatic carbocycles. The zero-order chi connectivity index (χ0) is 20.0. The summed E-state index contributed by atoms with van der Waals surface area (Å²) in [5.74, 6) is 3.24. The van der Waals surface area contributed by atoms with Gasteiger partial charge in [0.2, 0.25) is 0 Å². The number of ether oxygens (including phenoxy) is 3. The quantitative estimate of drug-likeness (QED) is 0.593. The van der Waals surface area contributed by atoms with Crippen LogP contribution in [0, 0.1) is 0 Å². The number of para-hydroxylation sites is 1. The molecule has 6 nitrogen and oxygen atoms in total. The molecule has 0 saturated carbocycles. The van der Waals surface area contributed by atoms with Crippen LogP contribution in [0.4, 0.5) is 0 Å². The number of benzene rings is 2. The molecule has 150 valence electrons. The predicted octanol–water partition coefficient (Wildman–Crippen LogP) is 3.11. The number of aliphatic imine (C=N–C) groups is 1. The number of hydrogen-bond acceptors (Lipinski definition) is 4. The van der Waals surface area contributed by atoms with Crippen LogP contribution in [0.1, 0.15) is 25.0 Å². The molecule has 0 radical (unpaired) electrons. The highest BCUT2D eigenvalue weighted by Crippen LogP contribution is 2.34. The minimum atomic E-state index is -0.113. The predicted molar refractivity (Wildman–Crippen MR) is 112 cm³/mol. The van der Waals surface area contributed by atoms with Crippen molar-refractivity contribution in [1.82, 2.24) is 10.6 Å². The van der Waals surface area contributed by atoms with E-state index in [1.807, 2.05) is 30.3 Å². The Bertz CT molecular complexity index is 834. The van der Waals surface area contributed by atoms with Crippen LogP contribution in [0.5, 0.6) is 17.2 Å². The maximum Gasteiger partial charge on any atom is 0.191 e. The lowest BCUT2D eigenvalue weighted by atomic mass is 9.84. The summed E-state index contributed by atoms with van der Waals surface area (Å²) >= 11 is 0. The Labute approximate surface area is 166 Å². The number of methoxy groups -OCH3 is 1. The van der Waals surface area contributed by atoms with Crippen LogP contribution in [-0.2, 0) is 12.0 Å². The van der Waals surface area contributed by atoms with Crippen LogP contribution in [0.2, 0.25) is 0 Å². The normalized spacial score (nSPS) is 13.8. The summed E-state index contributed by atoms with van der Waals surface area (Å²) in [4.78, 5) is 4.33. The van der Waals surface area contributed by atoms with E-state index in [0.29, 0.717) is 19.8 Å². The topological polar surface area (TPSA) is 64.1 Å². The van der Waals surface area contributed by atoms with E-state index in [-0.39, 0.29) is 5.41 Å². The van der Waals surface area contributed by atoms with Crippen molar-refractivity contribution < 1.29 is 14.2 Å². The molecule has 6 heteroatoms. The number of nitrogens with one attached hydrogen (secondary N) is 2. The van der Waals surface area contributed by atoms with E-state index in [2.05, 4.69) is 41.6 Å². The van der Waals surface area contributed by atoms with Gasteiger partial charge in [0.05, 0.1) is 7.11 Å². The molecule has 0 spiro atoms. The Balaban J connectivity index is 1.60. The van der Waals surface area contributed by atoms with Gasteiger partial charge in [0.15, 0.2) is 17.5 Å². The Hall–Kier alpha value is -2.89. The lowest BCUT2D eigenvalue weighted by molar-refractivity contribution is 0.171. The molecular weight excluding hydrogens is 354 g/mol. The molecule has 0 saturated heterocycles. The van der Waals surface area contributed by atoms with Crippen molar-refractivity contribution >= 4 is 5.96 Å². The fourth-order valence-electron chi connectivity index (χ4n) is 3.12. The molecule has 2 aromatic rings. The lowest BCUT2D eigenvalue weighted by Crippen LogP contribution is -2.43. The number of rotatable bonds is 6. The van der Waals surface area contributed by atoms with Crippen LogP contribution < -0.4 is 24.8 Å². The maximum atomic E-state index is 5.72. The minimum absolute atomic E-state index is 0.113. The number of guanidine groups is 1. The molecule has 1 heterocycles. The van der Waals surface area contributed by atoms with E-state index < -0.39 is 0 Å². The summed E-state index contributed by atoms with van der Waals surface area (Å²) in [6, 6.07) is 14.1. The van der Waals surface area contributed by atoms with Crippen molar-refractivity contribution in [3.05, 3.63) is 53.6 Å². The highest BCUT2D eigenvalue weighted by Gasteiger charge is 2.24. The average Bonchev–Trinajstić information content (AvgIpc) is 2.73. The first-order chi connectivity index (χ1) is 13.5. The highest BCUT2D eigenvalue weighted by molar-refractivity contribution is 5.79. The first kappa shape index (κ1) is 19.9. The Morgan fingerprint density at radius 1 is 1.07 bits per heavy atom. The summed E-state index contributed by atoms with van der Waals surface area (Å²) in [7, 11) is 3.45. The van der Waals surface area contributed by atoms with Crippen LogP contribution in [0.3, 0.4) is 0 Å². The molecule has 0 atom stereocenters. The molecule has 0 bridgehead atoms. The van der Waals surface area contributed by atoms with Gasteiger partial charge in [-0.2, -0.15) is 0 Å². The molecule has 1 aliphatic heterocycles. The molecular formula is C22H29N3O3. The van der Waals surface area contributed by atoms with Crippen LogP contribution in [0.15, 0.2) is 47.5 Å². The summed E-state index contributed by atoms with van der Waals surface area (Å²) < 4.78 is 16.7. The van der Waals surface area contributed by atoms with Gasteiger partial charge in [0.25, 0.3) is 0 Å². The number of nitrogens with zero attached hydrogens (tertiary/aromatic N) is 1. The molecule has 0 aliphatic carbocycles. The zero-order valence-electron chi connectivity index (χ0n) is 17.0. The molecule has 0 amide bonds. The fourth-order valence-corrected chi connectivity index (χ4v) is 3.12. The van der Waals surface area contributed by atoms with Crippen molar-refractivity contribution in [1.29, 1.82) is 0 Å². The van der Waals surface area contributed by atoms with E-state index in [1.54, 1.807) is 14.2 Å². The third-order valence-electron chi connectivity index (χ3n) is 4.88. The van der Waals surface area contributed by atoms with Gasteiger partial charge in [0, 0.05) is 31.1 Å².